The summed E-state index contributed by atoms with van der Waals surface area (Å²) in [5, 5.41) is 22.6. The lowest BCUT2D eigenvalue weighted by atomic mass is 9.93. The van der Waals surface area contributed by atoms with Crippen LogP contribution in [-0.4, -0.2) is 39.1 Å². The van der Waals surface area contributed by atoms with Gasteiger partial charge in [0, 0.05) is 5.41 Å². The van der Waals surface area contributed by atoms with E-state index in [9.17, 15) is 9.90 Å². The minimum atomic E-state index is -0.432. The lowest BCUT2D eigenvalue weighted by molar-refractivity contribution is 0.318. The molecule has 2 aromatic rings. The molecular weight excluding hydrogens is 340 g/mol. The van der Waals surface area contributed by atoms with Crippen molar-refractivity contribution in [3.63, 3.8) is 0 Å². The topological polar surface area (TPSA) is 89.6 Å². The molecular formula is C17H22N4O3S. The van der Waals surface area contributed by atoms with Gasteiger partial charge in [0.15, 0.2) is 11.5 Å². The Balaban J connectivity index is 2.47. The zero-order chi connectivity index (χ0) is 18.6. The fourth-order valence-corrected chi connectivity index (χ4v) is 2.50. The standard InChI is InChI=1S/C17H22N4O3S/c1-6-24-13-9-11(7-8-12(13)22)10-18-21-15(23)14(17(2,3)4)19-20-16(21)25-5/h7-10,22H,6H2,1-5H3/b18-10+. The van der Waals surface area contributed by atoms with E-state index in [1.165, 1.54) is 28.7 Å². The summed E-state index contributed by atoms with van der Waals surface area (Å²) in [6.07, 6.45) is 3.33. The molecule has 0 aliphatic heterocycles. The van der Waals surface area contributed by atoms with Crippen molar-refractivity contribution in [3.8, 4) is 11.5 Å². The maximum Gasteiger partial charge on any atom is 0.297 e. The quantitative estimate of drug-likeness (QED) is 0.650. The average molecular weight is 362 g/mol. The highest BCUT2D eigenvalue weighted by Gasteiger charge is 2.23. The van der Waals surface area contributed by atoms with E-state index >= 15 is 0 Å². The van der Waals surface area contributed by atoms with Gasteiger partial charge in [-0.3, -0.25) is 4.79 Å². The van der Waals surface area contributed by atoms with Crippen molar-refractivity contribution in [1.82, 2.24) is 14.9 Å². The van der Waals surface area contributed by atoms with Crippen molar-refractivity contribution >= 4 is 18.0 Å². The fraction of sp³-hybridized carbons (Fsp3) is 0.412. The van der Waals surface area contributed by atoms with Crippen LogP contribution in [-0.2, 0) is 5.41 Å². The molecule has 0 bridgehead atoms. The SMILES string of the molecule is CCOc1cc(/C=N/n2c(SC)nnc(C(C)(C)C)c2=O)ccc1O. The number of aromatic nitrogens is 3. The molecule has 0 saturated heterocycles. The lowest BCUT2D eigenvalue weighted by Crippen LogP contribution is -2.32. The van der Waals surface area contributed by atoms with Crippen molar-refractivity contribution in [2.24, 2.45) is 5.10 Å². The molecule has 25 heavy (non-hydrogen) atoms. The second-order valence-electron chi connectivity index (χ2n) is 6.31. The van der Waals surface area contributed by atoms with Crippen LogP contribution in [0.25, 0.3) is 0 Å². The Labute approximate surface area is 150 Å². The van der Waals surface area contributed by atoms with Crippen LogP contribution in [0, 0.1) is 0 Å². The normalized spacial score (nSPS) is 11.9. The molecule has 7 nitrogen and oxygen atoms in total. The predicted molar refractivity (Wildman–Crippen MR) is 99.0 cm³/mol. The minimum absolute atomic E-state index is 0.0570. The summed E-state index contributed by atoms with van der Waals surface area (Å²) >= 11 is 1.29. The third-order valence-electron chi connectivity index (χ3n) is 3.31. The Kier molecular flexibility index (Phi) is 5.84. The van der Waals surface area contributed by atoms with Crippen molar-refractivity contribution in [2.45, 2.75) is 38.3 Å². The van der Waals surface area contributed by atoms with Gasteiger partial charge in [0.1, 0.15) is 5.69 Å². The third kappa shape index (κ3) is 4.39. The first kappa shape index (κ1) is 19.0. The van der Waals surface area contributed by atoms with Gasteiger partial charge in [-0.05, 0) is 36.9 Å². The average Bonchev–Trinajstić information content (AvgIpc) is 2.55. The molecule has 0 spiro atoms. The summed E-state index contributed by atoms with van der Waals surface area (Å²) in [4.78, 5) is 12.7. The molecule has 134 valence electrons. The summed E-state index contributed by atoms with van der Waals surface area (Å²) in [6, 6.07) is 4.87. The third-order valence-corrected chi connectivity index (χ3v) is 3.93. The van der Waals surface area contributed by atoms with Crippen molar-refractivity contribution < 1.29 is 9.84 Å². The van der Waals surface area contributed by atoms with Crippen LogP contribution in [0.1, 0.15) is 39.0 Å². The summed E-state index contributed by atoms with van der Waals surface area (Å²) in [6.45, 7) is 7.98. The monoisotopic (exact) mass is 362 g/mol. The number of hydrogen-bond acceptors (Lipinski definition) is 7. The highest BCUT2D eigenvalue weighted by atomic mass is 32.2. The van der Waals surface area contributed by atoms with Gasteiger partial charge < -0.3 is 9.84 Å². The molecule has 1 heterocycles. The molecule has 0 radical (unpaired) electrons. The molecule has 0 saturated carbocycles. The number of phenols is 1. The first-order chi connectivity index (χ1) is 11.8. The van der Waals surface area contributed by atoms with Gasteiger partial charge in [-0.2, -0.15) is 9.78 Å². The number of thioether (sulfide) groups is 1. The molecule has 0 unspecified atom stereocenters. The highest BCUT2D eigenvalue weighted by Crippen LogP contribution is 2.26. The number of rotatable bonds is 5. The number of aromatic hydroxyl groups is 1. The number of hydrogen-bond donors (Lipinski definition) is 1. The zero-order valence-corrected chi connectivity index (χ0v) is 15.8. The molecule has 0 aliphatic rings. The van der Waals surface area contributed by atoms with E-state index in [1.807, 2.05) is 27.7 Å². The first-order valence-electron chi connectivity index (χ1n) is 7.82. The van der Waals surface area contributed by atoms with Crippen molar-refractivity contribution in [3.05, 3.63) is 39.8 Å². The van der Waals surface area contributed by atoms with Crippen LogP contribution in [0.3, 0.4) is 0 Å². The van der Waals surface area contributed by atoms with E-state index in [2.05, 4.69) is 15.3 Å². The molecule has 1 aromatic heterocycles. The Morgan fingerprint density at radius 2 is 2.08 bits per heavy atom. The maximum atomic E-state index is 12.7. The molecule has 1 N–H and O–H groups in total. The smallest absolute Gasteiger partial charge is 0.297 e. The molecule has 0 atom stereocenters. The van der Waals surface area contributed by atoms with Crippen LogP contribution in [0.2, 0.25) is 0 Å². The molecule has 0 amide bonds. The van der Waals surface area contributed by atoms with Crippen LogP contribution < -0.4 is 10.3 Å². The van der Waals surface area contributed by atoms with E-state index < -0.39 is 5.41 Å². The zero-order valence-electron chi connectivity index (χ0n) is 15.0. The van der Waals surface area contributed by atoms with Gasteiger partial charge in [-0.15, -0.1) is 10.2 Å². The van der Waals surface area contributed by atoms with E-state index in [1.54, 1.807) is 18.4 Å². The molecule has 1 aromatic carbocycles. The van der Waals surface area contributed by atoms with E-state index in [-0.39, 0.29) is 11.3 Å². The molecule has 2 rings (SSSR count). The summed E-state index contributed by atoms with van der Waals surface area (Å²) < 4.78 is 6.60. The van der Waals surface area contributed by atoms with E-state index in [4.69, 9.17) is 4.74 Å². The minimum Gasteiger partial charge on any atom is -0.504 e. The maximum absolute atomic E-state index is 12.7. The van der Waals surface area contributed by atoms with Crippen LogP contribution >= 0.6 is 11.8 Å². The van der Waals surface area contributed by atoms with Crippen LogP contribution in [0.15, 0.2) is 33.3 Å². The van der Waals surface area contributed by atoms with Crippen LogP contribution in [0.5, 0.6) is 11.5 Å². The number of ether oxygens (including phenoxy) is 1. The lowest BCUT2D eigenvalue weighted by Gasteiger charge is -2.16. The predicted octanol–water partition coefficient (Wildman–Crippen LogP) is 2.64. The second-order valence-corrected chi connectivity index (χ2v) is 7.08. The van der Waals surface area contributed by atoms with E-state index in [0.717, 1.165) is 0 Å². The molecule has 0 fully saturated rings. The van der Waals surface area contributed by atoms with Crippen LogP contribution in [0.4, 0.5) is 0 Å². The highest BCUT2D eigenvalue weighted by molar-refractivity contribution is 7.98. The van der Waals surface area contributed by atoms with Gasteiger partial charge in [-0.25, -0.2) is 0 Å². The Hall–Kier alpha value is -2.35. The molecule has 8 heteroatoms. The second kappa shape index (κ2) is 7.69. The fourth-order valence-electron chi connectivity index (χ4n) is 2.07. The van der Waals surface area contributed by atoms with Gasteiger partial charge in [0.05, 0.1) is 12.8 Å². The number of phenolic OH excluding ortho intramolecular Hbond substituents is 1. The number of benzene rings is 1. The first-order valence-corrected chi connectivity index (χ1v) is 9.04. The summed E-state index contributed by atoms with van der Waals surface area (Å²) in [5.41, 5.74) is 0.309. The Morgan fingerprint density at radius 3 is 2.68 bits per heavy atom. The van der Waals surface area contributed by atoms with Crippen molar-refractivity contribution in [2.75, 3.05) is 12.9 Å². The summed E-state index contributed by atoms with van der Waals surface area (Å²) in [7, 11) is 0. The molecule has 0 aliphatic carbocycles. The van der Waals surface area contributed by atoms with Gasteiger partial charge in [0.25, 0.3) is 5.56 Å². The van der Waals surface area contributed by atoms with Gasteiger partial charge in [-0.1, -0.05) is 32.5 Å². The Bertz CT molecular complexity index is 841. The van der Waals surface area contributed by atoms with E-state index in [0.29, 0.717) is 28.8 Å². The van der Waals surface area contributed by atoms with Crippen molar-refractivity contribution in [1.29, 1.82) is 0 Å². The van der Waals surface area contributed by atoms with Gasteiger partial charge in [0.2, 0.25) is 5.16 Å². The largest absolute Gasteiger partial charge is 0.504 e. The van der Waals surface area contributed by atoms with Gasteiger partial charge >= 0.3 is 0 Å². The summed E-state index contributed by atoms with van der Waals surface area (Å²) in [5.74, 6) is 0.425. The Morgan fingerprint density at radius 1 is 1.36 bits per heavy atom. The number of nitrogens with zero attached hydrogens (tertiary/aromatic N) is 4.